The summed E-state index contributed by atoms with van der Waals surface area (Å²) >= 11 is 6.02. The van der Waals surface area contributed by atoms with Crippen molar-refractivity contribution in [1.29, 1.82) is 0 Å². The summed E-state index contributed by atoms with van der Waals surface area (Å²) in [5.74, 6) is -1.36. The van der Waals surface area contributed by atoms with Crippen LogP contribution in [0.4, 0.5) is 9.18 Å². The SMILES string of the molecule is NC(=O)N1CCCC1COC(=O)C1CC1c1c(F)cccc1Cl. The number of benzene rings is 1. The zero-order valence-corrected chi connectivity index (χ0v) is 13.3. The zero-order valence-electron chi connectivity index (χ0n) is 12.5. The van der Waals surface area contributed by atoms with E-state index in [0.29, 0.717) is 23.6 Å². The average Bonchev–Trinajstić information content (AvgIpc) is 3.12. The van der Waals surface area contributed by atoms with E-state index in [2.05, 4.69) is 0 Å². The Hall–Kier alpha value is -1.82. The van der Waals surface area contributed by atoms with Crippen molar-refractivity contribution in [3.8, 4) is 0 Å². The van der Waals surface area contributed by atoms with Crippen LogP contribution in [0.1, 0.15) is 30.7 Å². The third-order valence-electron chi connectivity index (χ3n) is 4.54. The Balaban J connectivity index is 1.56. The number of esters is 1. The van der Waals surface area contributed by atoms with E-state index in [1.165, 1.54) is 17.0 Å². The van der Waals surface area contributed by atoms with E-state index >= 15 is 0 Å². The molecular formula is C16H18ClFN2O3. The maximum absolute atomic E-state index is 13.9. The highest BCUT2D eigenvalue weighted by Crippen LogP contribution is 2.51. The number of nitrogens with zero attached hydrogens (tertiary/aromatic N) is 1. The van der Waals surface area contributed by atoms with Gasteiger partial charge in [0.1, 0.15) is 12.4 Å². The Morgan fingerprint density at radius 1 is 1.43 bits per heavy atom. The van der Waals surface area contributed by atoms with Crippen LogP contribution in [0.3, 0.4) is 0 Å². The molecule has 2 amide bonds. The summed E-state index contributed by atoms with van der Waals surface area (Å²) in [6, 6.07) is 3.83. The normalized spacial score (nSPS) is 26.2. The standard InChI is InChI=1S/C16H18ClFN2O3/c17-12-4-1-5-13(18)14(12)10-7-11(10)15(21)23-8-9-3-2-6-20(9)16(19)22/h1,4-5,9-11H,2-3,6-8H2,(H2,19,22). The molecule has 3 atom stereocenters. The van der Waals surface area contributed by atoms with Crippen LogP contribution in [0.25, 0.3) is 0 Å². The van der Waals surface area contributed by atoms with E-state index < -0.39 is 11.8 Å². The van der Waals surface area contributed by atoms with Crippen LogP contribution in [0.15, 0.2) is 18.2 Å². The fourth-order valence-corrected chi connectivity index (χ4v) is 3.53. The summed E-state index contributed by atoms with van der Waals surface area (Å²) < 4.78 is 19.2. The van der Waals surface area contributed by atoms with Gasteiger partial charge < -0.3 is 15.4 Å². The lowest BCUT2D eigenvalue weighted by molar-refractivity contribution is -0.146. The summed E-state index contributed by atoms with van der Waals surface area (Å²) in [6.07, 6.45) is 2.15. The van der Waals surface area contributed by atoms with Gasteiger partial charge in [-0.2, -0.15) is 0 Å². The second-order valence-electron chi connectivity index (χ2n) is 6.04. The maximum atomic E-state index is 13.9. The Kier molecular flexibility index (Phi) is 4.43. The first-order valence-electron chi connectivity index (χ1n) is 7.65. The Labute approximate surface area is 138 Å². The molecule has 1 saturated heterocycles. The lowest BCUT2D eigenvalue weighted by Gasteiger charge is -2.22. The minimum absolute atomic E-state index is 0.135. The van der Waals surface area contributed by atoms with Crippen LogP contribution < -0.4 is 5.73 Å². The van der Waals surface area contributed by atoms with Crippen molar-refractivity contribution in [2.45, 2.75) is 31.2 Å². The number of rotatable bonds is 4. The van der Waals surface area contributed by atoms with Gasteiger partial charge in [0.05, 0.1) is 12.0 Å². The molecule has 1 aliphatic carbocycles. The summed E-state index contributed by atoms with van der Waals surface area (Å²) in [7, 11) is 0. The molecular weight excluding hydrogens is 323 g/mol. The van der Waals surface area contributed by atoms with Crippen molar-refractivity contribution in [1.82, 2.24) is 4.90 Å². The molecule has 2 N–H and O–H groups in total. The maximum Gasteiger partial charge on any atom is 0.315 e. The number of carbonyl (C=O) groups is 2. The molecule has 0 radical (unpaired) electrons. The molecule has 1 aromatic carbocycles. The third kappa shape index (κ3) is 3.27. The number of hydrogen-bond donors (Lipinski definition) is 1. The van der Waals surface area contributed by atoms with Crippen LogP contribution in [0, 0.1) is 11.7 Å². The molecule has 1 aliphatic heterocycles. The van der Waals surface area contributed by atoms with Crippen LogP contribution in [0.2, 0.25) is 5.02 Å². The number of primary amides is 1. The topological polar surface area (TPSA) is 72.6 Å². The molecule has 0 aromatic heterocycles. The molecule has 1 saturated carbocycles. The van der Waals surface area contributed by atoms with Gasteiger partial charge in [0.25, 0.3) is 0 Å². The number of amides is 2. The number of likely N-dealkylation sites (tertiary alicyclic amines) is 1. The van der Waals surface area contributed by atoms with Crippen LogP contribution in [-0.4, -0.2) is 36.1 Å². The highest BCUT2D eigenvalue weighted by Gasteiger charge is 2.47. The molecule has 3 unspecified atom stereocenters. The number of nitrogens with two attached hydrogens (primary N) is 1. The molecule has 1 aromatic rings. The summed E-state index contributed by atoms with van der Waals surface area (Å²) in [5, 5.41) is 0.334. The van der Waals surface area contributed by atoms with Gasteiger partial charge in [0.2, 0.25) is 0 Å². The summed E-state index contributed by atoms with van der Waals surface area (Å²) in [6.45, 7) is 0.727. The Morgan fingerprint density at radius 3 is 2.91 bits per heavy atom. The van der Waals surface area contributed by atoms with Crippen molar-refractivity contribution >= 4 is 23.6 Å². The number of urea groups is 1. The van der Waals surface area contributed by atoms with Crippen LogP contribution in [-0.2, 0) is 9.53 Å². The van der Waals surface area contributed by atoms with Gasteiger partial charge >= 0.3 is 12.0 Å². The van der Waals surface area contributed by atoms with Gasteiger partial charge in [-0.1, -0.05) is 17.7 Å². The first-order chi connectivity index (χ1) is 11.0. The molecule has 2 fully saturated rings. The predicted molar refractivity (Wildman–Crippen MR) is 82.5 cm³/mol. The van der Waals surface area contributed by atoms with Crippen LogP contribution in [0.5, 0.6) is 0 Å². The largest absolute Gasteiger partial charge is 0.463 e. The molecule has 0 bridgehead atoms. The monoisotopic (exact) mass is 340 g/mol. The molecule has 5 nitrogen and oxygen atoms in total. The lowest BCUT2D eigenvalue weighted by atomic mass is 10.1. The lowest BCUT2D eigenvalue weighted by Crippen LogP contribution is -2.42. The van der Waals surface area contributed by atoms with E-state index in [4.69, 9.17) is 22.1 Å². The first-order valence-corrected chi connectivity index (χ1v) is 8.03. The summed E-state index contributed by atoms with van der Waals surface area (Å²) in [5.41, 5.74) is 5.67. The van der Waals surface area contributed by atoms with Gasteiger partial charge in [-0.15, -0.1) is 0 Å². The minimum Gasteiger partial charge on any atom is -0.463 e. The Morgan fingerprint density at radius 2 is 2.22 bits per heavy atom. The van der Waals surface area contributed by atoms with Gasteiger partial charge in [0, 0.05) is 23.0 Å². The Bertz CT molecular complexity index is 620. The smallest absolute Gasteiger partial charge is 0.315 e. The third-order valence-corrected chi connectivity index (χ3v) is 4.87. The number of carbonyl (C=O) groups excluding carboxylic acids is 2. The highest BCUT2D eigenvalue weighted by atomic mass is 35.5. The fourth-order valence-electron chi connectivity index (χ4n) is 3.22. The fraction of sp³-hybridized carbons (Fsp3) is 0.500. The average molecular weight is 341 g/mol. The van der Waals surface area contributed by atoms with E-state index in [0.717, 1.165) is 12.8 Å². The quantitative estimate of drug-likeness (QED) is 0.856. The van der Waals surface area contributed by atoms with Crippen LogP contribution >= 0.6 is 11.6 Å². The predicted octanol–water partition coefficient (Wildman–Crippen LogP) is 2.67. The zero-order chi connectivity index (χ0) is 16.6. The van der Waals surface area contributed by atoms with E-state index in [9.17, 15) is 14.0 Å². The molecule has 3 rings (SSSR count). The van der Waals surface area contributed by atoms with E-state index in [1.54, 1.807) is 6.07 Å². The van der Waals surface area contributed by atoms with Crippen molar-refractivity contribution in [3.05, 3.63) is 34.6 Å². The van der Waals surface area contributed by atoms with Crippen molar-refractivity contribution < 1.29 is 18.7 Å². The molecule has 7 heteroatoms. The molecule has 1 heterocycles. The van der Waals surface area contributed by atoms with Gasteiger partial charge in [-0.25, -0.2) is 9.18 Å². The van der Waals surface area contributed by atoms with Gasteiger partial charge in [0.15, 0.2) is 0 Å². The molecule has 2 aliphatic rings. The summed E-state index contributed by atoms with van der Waals surface area (Å²) in [4.78, 5) is 24.9. The molecule has 124 valence electrons. The second kappa shape index (κ2) is 6.35. The molecule has 23 heavy (non-hydrogen) atoms. The number of halogens is 2. The second-order valence-corrected chi connectivity index (χ2v) is 6.45. The van der Waals surface area contributed by atoms with Crippen molar-refractivity contribution in [2.24, 2.45) is 11.7 Å². The van der Waals surface area contributed by atoms with E-state index in [-0.39, 0.29) is 30.5 Å². The van der Waals surface area contributed by atoms with Gasteiger partial charge in [-0.05, 0) is 31.4 Å². The van der Waals surface area contributed by atoms with Crippen molar-refractivity contribution in [2.75, 3.05) is 13.2 Å². The van der Waals surface area contributed by atoms with Gasteiger partial charge in [-0.3, -0.25) is 4.79 Å². The van der Waals surface area contributed by atoms with E-state index in [1.807, 2.05) is 0 Å². The number of ether oxygens (including phenoxy) is 1. The molecule has 0 spiro atoms. The number of hydrogen-bond acceptors (Lipinski definition) is 3. The minimum atomic E-state index is -0.494. The highest BCUT2D eigenvalue weighted by molar-refractivity contribution is 6.31. The van der Waals surface area contributed by atoms with Crippen molar-refractivity contribution in [3.63, 3.8) is 0 Å². The first kappa shape index (κ1) is 16.1.